The number of methoxy groups -OCH3 is 1. The number of rotatable bonds is 4. The zero-order valence-electron chi connectivity index (χ0n) is 10.4. The summed E-state index contributed by atoms with van der Waals surface area (Å²) in [6.07, 6.45) is 2.58. The number of benzene rings is 1. The van der Waals surface area contributed by atoms with Crippen molar-refractivity contribution in [2.75, 3.05) is 7.11 Å². The molecule has 0 radical (unpaired) electrons. The lowest BCUT2D eigenvalue weighted by Gasteiger charge is -2.20. The molecule has 0 aliphatic heterocycles. The summed E-state index contributed by atoms with van der Waals surface area (Å²) in [4.78, 5) is 12.0. The van der Waals surface area contributed by atoms with Crippen LogP contribution >= 0.6 is 0 Å². The monoisotopic (exact) mass is 252 g/mol. The molecule has 3 nitrogen and oxygen atoms in total. The molecule has 1 fully saturated rings. The van der Waals surface area contributed by atoms with E-state index in [0.717, 1.165) is 12.8 Å². The van der Waals surface area contributed by atoms with Gasteiger partial charge in [-0.2, -0.15) is 0 Å². The van der Waals surface area contributed by atoms with Gasteiger partial charge in [0.1, 0.15) is 5.60 Å². The third kappa shape index (κ3) is 2.38. The van der Waals surface area contributed by atoms with Crippen LogP contribution in [0.1, 0.15) is 31.2 Å². The predicted molar refractivity (Wildman–Crippen MR) is 65.1 cm³/mol. The van der Waals surface area contributed by atoms with Crippen molar-refractivity contribution in [3.63, 3.8) is 0 Å². The average molecular weight is 252 g/mol. The molecule has 0 heterocycles. The zero-order valence-corrected chi connectivity index (χ0v) is 10.4. The van der Waals surface area contributed by atoms with Gasteiger partial charge in [0, 0.05) is 6.42 Å². The topological polar surface area (TPSA) is 46.5 Å². The van der Waals surface area contributed by atoms with Crippen molar-refractivity contribution in [3.05, 3.63) is 29.6 Å². The lowest BCUT2D eigenvalue weighted by atomic mass is 9.91. The Bertz CT molecular complexity index is 450. The van der Waals surface area contributed by atoms with Crippen LogP contribution in [0.2, 0.25) is 0 Å². The van der Waals surface area contributed by atoms with Crippen molar-refractivity contribution in [2.45, 2.75) is 37.7 Å². The van der Waals surface area contributed by atoms with Crippen molar-refractivity contribution < 1.29 is 19.0 Å². The first-order valence-corrected chi connectivity index (χ1v) is 6.14. The average Bonchev–Trinajstić information content (AvgIpc) is 2.80. The second-order valence-electron chi connectivity index (χ2n) is 4.77. The second-order valence-corrected chi connectivity index (χ2v) is 4.77. The highest BCUT2D eigenvalue weighted by Crippen LogP contribution is 2.32. The first kappa shape index (κ1) is 13.0. The number of carbonyl (C=O) groups is 1. The first-order valence-electron chi connectivity index (χ1n) is 6.14. The largest absolute Gasteiger partial charge is 0.494 e. The van der Waals surface area contributed by atoms with Crippen LogP contribution in [-0.2, 0) is 11.2 Å². The molecule has 0 unspecified atom stereocenters. The van der Waals surface area contributed by atoms with Crippen LogP contribution in [0.3, 0.4) is 0 Å². The molecule has 2 rings (SSSR count). The van der Waals surface area contributed by atoms with Gasteiger partial charge < -0.3 is 9.84 Å². The Morgan fingerprint density at radius 3 is 2.72 bits per heavy atom. The van der Waals surface area contributed by atoms with Gasteiger partial charge in [-0.1, -0.05) is 12.1 Å². The Morgan fingerprint density at radius 2 is 2.11 bits per heavy atom. The van der Waals surface area contributed by atoms with Crippen LogP contribution in [0.25, 0.3) is 0 Å². The van der Waals surface area contributed by atoms with Gasteiger partial charge in [0.05, 0.1) is 7.11 Å². The summed E-state index contributed by atoms with van der Waals surface area (Å²) in [6, 6.07) is 4.70. The number of hydrogen-bond acceptors (Lipinski definition) is 3. The van der Waals surface area contributed by atoms with Gasteiger partial charge in [-0.15, -0.1) is 0 Å². The summed E-state index contributed by atoms with van der Waals surface area (Å²) < 4.78 is 18.8. The van der Waals surface area contributed by atoms with E-state index in [0.29, 0.717) is 12.8 Å². The van der Waals surface area contributed by atoms with Crippen molar-refractivity contribution in [2.24, 2.45) is 0 Å². The third-order valence-corrected chi connectivity index (χ3v) is 3.56. The van der Waals surface area contributed by atoms with Crippen molar-refractivity contribution in [1.29, 1.82) is 0 Å². The standard InChI is InChI=1S/C14H17FO3/c1-18-11-6-4-5-10(13(11)15)9-12(16)14(17)7-2-3-8-14/h4-6,17H,2-3,7-9H2,1H3. The highest BCUT2D eigenvalue weighted by Gasteiger charge is 2.38. The molecule has 1 N–H and O–H groups in total. The SMILES string of the molecule is COc1cccc(CC(=O)C2(O)CCCC2)c1F. The summed E-state index contributed by atoms with van der Waals surface area (Å²) in [6.45, 7) is 0. The summed E-state index contributed by atoms with van der Waals surface area (Å²) in [5, 5.41) is 10.1. The zero-order chi connectivity index (χ0) is 13.2. The van der Waals surface area contributed by atoms with Crippen LogP contribution in [0.15, 0.2) is 18.2 Å². The molecule has 4 heteroatoms. The number of Topliss-reactive ketones (excluding diaryl/α,β-unsaturated/α-hetero) is 1. The molecule has 0 bridgehead atoms. The summed E-state index contributed by atoms with van der Waals surface area (Å²) in [7, 11) is 1.38. The molecular weight excluding hydrogens is 235 g/mol. The lowest BCUT2D eigenvalue weighted by molar-refractivity contribution is -0.136. The van der Waals surface area contributed by atoms with Crippen molar-refractivity contribution in [1.82, 2.24) is 0 Å². The maximum absolute atomic E-state index is 13.9. The van der Waals surface area contributed by atoms with E-state index in [2.05, 4.69) is 0 Å². The number of hydrogen-bond donors (Lipinski definition) is 1. The fourth-order valence-electron chi connectivity index (χ4n) is 2.43. The summed E-state index contributed by atoms with van der Waals surface area (Å²) in [5.74, 6) is -0.694. The normalized spacial score (nSPS) is 17.7. The molecule has 0 aromatic heterocycles. The van der Waals surface area contributed by atoms with Gasteiger partial charge >= 0.3 is 0 Å². The molecule has 0 spiro atoms. The van der Waals surface area contributed by atoms with E-state index in [9.17, 15) is 14.3 Å². The van der Waals surface area contributed by atoms with E-state index in [1.807, 2.05) is 0 Å². The molecule has 1 saturated carbocycles. The second kappa shape index (κ2) is 5.06. The Balaban J connectivity index is 2.16. The van der Waals surface area contributed by atoms with Crippen LogP contribution < -0.4 is 4.74 Å². The maximum atomic E-state index is 13.9. The lowest BCUT2D eigenvalue weighted by Crippen LogP contribution is -2.36. The molecule has 18 heavy (non-hydrogen) atoms. The minimum Gasteiger partial charge on any atom is -0.494 e. The van der Waals surface area contributed by atoms with Gasteiger partial charge in [0.15, 0.2) is 17.3 Å². The molecule has 1 aromatic rings. The third-order valence-electron chi connectivity index (χ3n) is 3.56. The number of ether oxygens (including phenoxy) is 1. The molecule has 1 aliphatic rings. The Labute approximate surface area is 106 Å². The van der Waals surface area contributed by atoms with Gasteiger partial charge in [-0.05, 0) is 37.3 Å². The van der Waals surface area contributed by atoms with Crippen molar-refractivity contribution >= 4 is 5.78 Å². The molecule has 0 amide bonds. The quantitative estimate of drug-likeness (QED) is 0.894. The van der Waals surface area contributed by atoms with E-state index in [1.54, 1.807) is 12.1 Å². The highest BCUT2D eigenvalue weighted by molar-refractivity contribution is 5.89. The minimum absolute atomic E-state index is 0.0838. The fourth-order valence-corrected chi connectivity index (χ4v) is 2.43. The Hall–Kier alpha value is -1.42. The number of aliphatic hydroxyl groups is 1. The predicted octanol–water partition coefficient (Wildman–Crippen LogP) is 2.25. The van der Waals surface area contributed by atoms with Gasteiger partial charge in [-0.3, -0.25) is 4.79 Å². The number of ketones is 1. The number of carbonyl (C=O) groups excluding carboxylic acids is 1. The molecule has 1 aliphatic carbocycles. The van der Waals surface area contributed by atoms with E-state index >= 15 is 0 Å². The van der Waals surface area contributed by atoms with E-state index in [1.165, 1.54) is 13.2 Å². The summed E-state index contributed by atoms with van der Waals surface area (Å²) in [5.41, 5.74) is -0.977. The van der Waals surface area contributed by atoms with Crippen LogP contribution in [-0.4, -0.2) is 23.6 Å². The molecular formula is C14H17FO3. The minimum atomic E-state index is -1.25. The van der Waals surface area contributed by atoms with Crippen LogP contribution in [0.4, 0.5) is 4.39 Å². The van der Waals surface area contributed by atoms with Gasteiger partial charge in [-0.25, -0.2) is 4.39 Å². The maximum Gasteiger partial charge on any atom is 0.168 e. The van der Waals surface area contributed by atoms with Gasteiger partial charge in [0.2, 0.25) is 0 Å². The van der Waals surface area contributed by atoms with Gasteiger partial charge in [0.25, 0.3) is 0 Å². The van der Waals surface area contributed by atoms with Crippen LogP contribution in [0.5, 0.6) is 5.75 Å². The smallest absolute Gasteiger partial charge is 0.168 e. The summed E-state index contributed by atoms with van der Waals surface area (Å²) >= 11 is 0. The molecule has 98 valence electrons. The highest BCUT2D eigenvalue weighted by atomic mass is 19.1. The first-order chi connectivity index (χ1) is 8.57. The fraction of sp³-hybridized carbons (Fsp3) is 0.500. The number of halogens is 1. The Kier molecular flexibility index (Phi) is 3.66. The van der Waals surface area contributed by atoms with E-state index in [-0.39, 0.29) is 23.5 Å². The van der Waals surface area contributed by atoms with E-state index < -0.39 is 11.4 Å². The molecule has 1 aromatic carbocycles. The molecule has 0 saturated heterocycles. The van der Waals surface area contributed by atoms with E-state index in [4.69, 9.17) is 4.74 Å². The molecule has 0 atom stereocenters. The van der Waals surface area contributed by atoms with Crippen LogP contribution in [0, 0.1) is 5.82 Å². The Morgan fingerprint density at radius 1 is 1.44 bits per heavy atom. The van der Waals surface area contributed by atoms with Crippen molar-refractivity contribution in [3.8, 4) is 5.75 Å².